The summed E-state index contributed by atoms with van der Waals surface area (Å²) in [5.74, 6) is 0. The fourth-order valence-corrected chi connectivity index (χ4v) is 1.93. The van der Waals surface area contributed by atoms with Crippen LogP contribution in [0.4, 0.5) is 11.4 Å². The maximum Gasteiger partial charge on any atom is 0.211 e. The lowest BCUT2D eigenvalue weighted by Gasteiger charge is -2.23. The summed E-state index contributed by atoms with van der Waals surface area (Å²) in [4.78, 5) is 10.8. The summed E-state index contributed by atoms with van der Waals surface area (Å²) in [5, 5.41) is 26.1. The molecule has 0 spiro atoms. The molecule has 1 aromatic rings. The molecular weight excluding hydrogens is 292 g/mol. The third-order valence-electron chi connectivity index (χ3n) is 3.31. The van der Waals surface area contributed by atoms with Crippen LogP contribution in [0.5, 0.6) is 0 Å². The largest absolute Gasteiger partial charge is 0.394 e. The number of carbonyl (C=O) groups is 1. The number of hydrogen-bond acceptors (Lipinski definition) is 5. The minimum atomic E-state index is -0.482. The first-order valence-electron chi connectivity index (χ1n) is 7.65. The minimum Gasteiger partial charge on any atom is -0.394 e. The van der Waals surface area contributed by atoms with Gasteiger partial charge in [0.05, 0.1) is 23.5 Å². The van der Waals surface area contributed by atoms with Crippen molar-refractivity contribution in [2.75, 3.05) is 23.8 Å². The van der Waals surface area contributed by atoms with Crippen LogP contribution in [0.3, 0.4) is 0 Å². The van der Waals surface area contributed by atoms with Crippen LogP contribution in [0, 0.1) is 5.41 Å². The number of amides is 1. The standard InChI is InChI=1S/C17H26N4O2/c1-4-8-19-16-14(6-5-7-15(16)20-12-23)13(9-18)10-21-17(2,3)11-22/h5-7,9-10,12,18-19,21-22H,4,8,11H2,1-3H3,(H,20,23)/b13-10+,18-9?. The molecule has 0 saturated heterocycles. The van der Waals surface area contributed by atoms with Crippen LogP contribution in [0.15, 0.2) is 24.4 Å². The molecule has 1 amide bonds. The second-order valence-corrected chi connectivity index (χ2v) is 5.85. The summed E-state index contributed by atoms with van der Waals surface area (Å²) in [6, 6.07) is 5.52. The number of carbonyl (C=O) groups excluding carboxylic acids is 1. The Morgan fingerprint density at radius 2 is 2.13 bits per heavy atom. The predicted octanol–water partition coefficient (Wildman–Crippen LogP) is 2.43. The van der Waals surface area contributed by atoms with E-state index < -0.39 is 5.54 Å². The summed E-state index contributed by atoms with van der Waals surface area (Å²) in [7, 11) is 0. The van der Waals surface area contributed by atoms with Gasteiger partial charge in [-0.15, -0.1) is 0 Å². The van der Waals surface area contributed by atoms with Crippen molar-refractivity contribution in [2.24, 2.45) is 0 Å². The number of aliphatic hydroxyl groups excluding tert-OH is 1. The molecule has 0 aromatic heterocycles. The second kappa shape index (κ2) is 8.95. The molecule has 0 heterocycles. The smallest absolute Gasteiger partial charge is 0.211 e. The first kappa shape index (κ1) is 18.7. The molecule has 5 N–H and O–H groups in total. The van der Waals surface area contributed by atoms with E-state index in [2.05, 4.69) is 22.9 Å². The maximum atomic E-state index is 10.8. The Labute approximate surface area is 137 Å². The molecule has 0 fully saturated rings. The molecule has 6 nitrogen and oxygen atoms in total. The summed E-state index contributed by atoms with van der Waals surface area (Å²) < 4.78 is 0. The Bertz CT molecular complexity index is 568. The number of para-hydroxylation sites is 1. The van der Waals surface area contributed by atoms with Crippen LogP contribution in [0.1, 0.15) is 32.8 Å². The van der Waals surface area contributed by atoms with Crippen LogP contribution in [0.25, 0.3) is 5.57 Å². The molecule has 0 aliphatic rings. The number of allylic oxidation sites excluding steroid dienone is 1. The number of hydrogen-bond donors (Lipinski definition) is 5. The van der Waals surface area contributed by atoms with E-state index in [1.165, 1.54) is 6.21 Å². The molecule has 126 valence electrons. The molecule has 0 atom stereocenters. The van der Waals surface area contributed by atoms with Crippen molar-refractivity contribution >= 4 is 29.6 Å². The van der Waals surface area contributed by atoms with Gasteiger partial charge in [-0.1, -0.05) is 19.1 Å². The van der Waals surface area contributed by atoms with E-state index in [4.69, 9.17) is 5.41 Å². The van der Waals surface area contributed by atoms with E-state index in [0.717, 1.165) is 24.2 Å². The Kier molecular flexibility index (Phi) is 7.28. The van der Waals surface area contributed by atoms with Crippen LogP contribution in [0.2, 0.25) is 0 Å². The monoisotopic (exact) mass is 318 g/mol. The topological polar surface area (TPSA) is 97.2 Å². The van der Waals surface area contributed by atoms with Gasteiger partial charge >= 0.3 is 0 Å². The molecule has 1 aromatic carbocycles. The lowest BCUT2D eigenvalue weighted by molar-refractivity contribution is -0.105. The van der Waals surface area contributed by atoms with Crippen molar-refractivity contribution < 1.29 is 9.90 Å². The first-order chi connectivity index (χ1) is 11.0. The first-order valence-corrected chi connectivity index (χ1v) is 7.65. The van der Waals surface area contributed by atoms with Gasteiger partial charge in [0.15, 0.2) is 0 Å². The van der Waals surface area contributed by atoms with Crippen LogP contribution in [-0.2, 0) is 4.79 Å². The lowest BCUT2D eigenvalue weighted by atomic mass is 10.0. The molecule has 0 saturated carbocycles. The number of benzene rings is 1. The molecule has 0 aliphatic heterocycles. The third kappa shape index (κ3) is 5.41. The Morgan fingerprint density at radius 1 is 1.39 bits per heavy atom. The predicted molar refractivity (Wildman–Crippen MR) is 96.0 cm³/mol. The summed E-state index contributed by atoms with van der Waals surface area (Å²) >= 11 is 0. The van der Waals surface area contributed by atoms with Crippen molar-refractivity contribution in [1.82, 2.24) is 5.32 Å². The van der Waals surface area contributed by atoms with Gasteiger partial charge in [-0.2, -0.15) is 0 Å². The van der Waals surface area contributed by atoms with Crippen molar-refractivity contribution in [2.45, 2.75) is 32.7 Å². The minimum absolute atomic E-state index is 0.0253. The van der Waals surface area contributed by atoms with Gasteiger partial charge < -0.3 is 26.5 Å². The number of anilines is 2. The summed E-state index contributed by atoms with van der Waals surface area (Å²) in [6.45, 7) is 6.52. The molecule has 23 heavy (non-hydrogen) atoms. The lowest BCUT2D eigenvalue weighted by Crippen LogP contribution is -2.39. The van der Waals surface area contributed by atoms with E-state index in [1.807, 2.05) is 32.0 Å². The summed E-state index contributed by atoms with van der Waals surface area (Å²) in [5.41, 5.74) is 2.42. The fraction of sp³-hybridized carbons (Fsp3) is 0.412. The van der Waals surface area contributed by atoms with Gasteiger partial charge in [0.1, 0.15) is 0 Å². The average Bonchev–Trinajstić information content (AvgIpc) is 2.55. The molecule has 0 aliphatic carbocycles. The quantitative estimate of drug-likeness (QED) is 0.338. The van der Waals surface area contributed by atoms with E-state index in [9.17, 15) is 9.90 Å². The van der Waals surface area contributed by atoms with Crippen LogP contribution >= 0.6 is 0 Å². The molecule has 0 bridgehead atoms. The highest BCUT2D eigenvalue weighted by Gasteiger charge is 2.15. The van der Waals surface area contributed by atoms with Crippen molar-refractivity contribution in [3.63, 3.8) is 0 Å². The molecule has 1 rings (SSSR count). The maximum absolute atomic E-state index is 10.8. The van der Waals surface area contributed by atoms with E-state index in [1.54, 1.807) is 6.20 Å². The number of nitrogens with one attached hydrogen (secondary N) is 4. The zero-order chi connectivity index (χ0) is 17.3. The zero-order valence-corrected chi connectivity index (χ0v) is 13.9. The highest BCUT2D eigenvalue weighted by atomic mass is 16.3. The van der Waals surface area contributed by atoms with Crippen molar-refractivity contribution in [3.8, 4) is 0 Å². The average molecular weight is 318 g/mol. The van der Waals surface area contributed by atoms with Crippen LogP contribution in [-0.4, -0.2) is 36.4 Å². The Hall–Kier alpha value is -2.34. The normalized spacial score (nSPS) is 11.7. The Morgan fingerprint density at radius 3 is 2.70 bits per heavy atom. The molecular formula is C17H26N4O2. The van der Waals surface area contributed by atoms with E-state index >= 15 is 0 Å². The third-order valence-corrected chi connectivity index (χ3v) is 3.31. The van der Waals surface area contributed by atoms with Gasteiger partial charge in [0, 0.05) is 30.1 Å². The van der Waals surface area contributed by atoms with Crippen LogP contribution < -0.4 is 16.0 Å². The number of aliphatic hydroxyl groups is 1. The van der Waals surface area contributed by atoms with Gasteiger partial charge in [-0.25, -0.2) is 0 Å². The van der Waals surface area contributed by atoms with Gasteiger partial charge in [0.25, 0.3) is 0 Å². The number of rotatable bonds is 10. The van der Waals surface area contributed by atoms with E-state index in [0.29, 0.717) is 17.7 Å². The Balaban J connectivity index is 3.25. The highest BCUT2D eigenvalue weighted by molar-refractivity contribution is 6.11. The molecule has 0 radical (unpaired) electrons. The van der Waals surface area contributed by atoms with Gasteiger partial charge in [-0.05, 0) is 26.3 Å². The highest BCUT2D eigenvalue weighted by Crippen LogP contribution is 2.30. The van der Waals surface area contributed by atoms with Gasteiger partial charge in [0.2, 0.25) is 6.41 Å². The van der Waals surface area contributed by atoms with E-state index in [-0.39, 0.29) is 6.61 Å². The molecule has 6 heteroatoms. The SMILES string of the molecule is CCCNc1c(NC=O)cccc1/C(C=N)=C/NC(C)(C)CO. The van der Waals surface area contributed by atoms with Crippen molar-refractivity contribution in [1.29, 1.82) is 5.41 Å². The fourth-order valence-electron chi connectivity index (χ4n) is 1.93. The van der Waals surface area contributed by atoms with Gasteiger partial charge in [-0.3, -0.25) is 4.79 Å². The summed E-state index contributed by atoms with van der Waals surface area (Å²) in [6.07, 6.45) is 4.53. The molecule has 0 unspecified atom stereocenters. The second-order valence-electron chi connectivity index (χ2n) is 5.85. The zero-order valence-electron chi connectivity index (χ0n) is 13.9. The van der Waals surface area contributed by atoms with Crippen molar-refractivity contribution in [3.05, 3.63) is 30.0 Å².